The van der Waals surface area contributed by atoms with E-state index in [1.807, 2.05) is 47.4 Å². The van der Waals surface area contributed by atoms with E-state index in [-0.39, 0.29) is 11.3 Å². The molecule has 1 aromatic carbocycles. The van der Waals surface area contributed by atoms with Crippen LogP contribution in [0.2, 0.25) is 0 Å². The summed E-state index contributed by atoms with van der Waals surface area (Å²) in [5.74, 6) is 1.18. The molecular weight excluding hydrogens is 328 g/mol. The molecule has 4 rings (SSSR count). The van der Waals surface area contributed by atoms with Gasteiger partial charge in [0.15, 0.2) is 5.82 Å². The van der Waals surface area contributed by atoms with E-state index >= 15 is 0 Å². The minimum absolute atomic E-state index is 0.0503. The van der Waals surface area contributed by atoms with Crippen molar-refractivity contribution < 1.29 is 9.32 Å². The lowest BCUT2D eigenvalue weighted by molar-refractivity contribution is 0.0642. The third kappa shape index (κ3) is 3.10. The number of hydrogen-bond acceptors (Lipinski definition) is 5. The summed E-state index contributed by atoms with van der Waals surface area (Å²) in [6, 6.07) is 13.1. The first kappa shape index (κ1) is 16.4. The summed E-state index contributed by atoms with van der Waals surface area (Å²) in [6.45, 7) is 3.42. The van der Waals surface area contributed by atoms with Crippen molar-refractivity contribution in [3.8, 4) is 11.5 Å². The summed E-state index contributed by atoms with van der Waals surface area (Å²) in [4.78, 5) is 23.3. The van der Waals surface area contributed by atoms with Crippen LogP contribution < -0.4 is 0 Å². The second-order valence-electron chi connectivity index (χ2n) is 6.92. The summed E-state index contributed by atoms with van der Waals surface area (Å²) in [7, 11) is 0. The molecule has 1 unspecified atom stereocenters. The summed E-state index contributed by atoms with van der Waals surface area (Å²) in [5.41, 5.74) is 1.23. The van der Waals surface area contributed by atoms with Crippen molar-refractivity contribution in [2.75, 3.05) is 13.1 Å². The largest absolute Gasteiger partial charge is 0.338 e. The van der Waals surface area contributed by atoms with Crippen LogP contribution in [0, 0.1) is 0 Å². The van der Waals surface area contributed by atoms with Crippen LogP contribution in [-0.4, -0.2) is 39.0 Å². The maximum absolute atomic E-state index is 12.8. The number of benzene rings is 1. The number of amides is 1. The topological polar surface area (TPSA) is 72.1 Å². The van der Waals surface area contributed by atoms with Crippen molar-refractivity contribution in [1.82, 2.24) is 20.0 Å². The molecule has 1 saturated heterocycles. The van der Waals surface area contributed by atoms with Gasteiger partial charge in [0.05, 0.1) is 0 Å². The summed E-state index contributed by atoms with van der Waals surface area (Å²) in [5, 5.41) is 4.21. The van der Waals surface area contributed by atoms with Gasteiger partial charge in [0, 0.05) is 42.0 Å². The smallest absolute Gasteiger partial charge is 0.258 e. The SMILES string of the molecule is CC1(c2noc(-c3ccncc3)n2)CCCN(C(=O)c2ccccc2)C1. The second kappa shape index (κ2) is 6.71. The second-order valence-corrected chi connectivity index (χ2v) is 6.92. The molecule has 26 heavy (non-hydrogen) atoms. The van der Waals surface area contributed by atoms with Gasteiger partial charge in [0.1, 0.15) is 0 Å². The fourth-order valence-electron chi connectivity index (χ4n) is 3.44. The highest BCUT2D eigenvalue weighted by atomic mass is 16.5. The molecule has 0 aliphatic carbocycles. The van der Waals surface area contributed by atoms with Gasteiger partial charge in [-0.2, -0.15) is 4.98 Å². The van der Waals surface area contributed by atoms with Gasteiger partial charge in [-0.05, 0) is 37.1 Å². The molecule has 3 aromatic rings. The van der Waals surface area contributed by atoms with Crippen molar-refractivity contribution in [1.29, 1.82) is 0 Å². The Hall–Kier alpha value is -3.02. The third-order valence-electron chi connectivity index (χ3n) is 4.90. The van der Waals surface area contributed by atoms with E-state index in [9.17, 15) is 4.79 Å². The highest BCUT2D eigenvalue weighted by molar-refractivity contribution is 5.94. The van der Waals surface area contributed by atoms with Crippen LogP contribution in [0.5, 0.6) is 0 Å². The quantitative estimate of drug-likeness (QED) is 0.726. The molecule has 0 spiro atoms. The van der Waals surface area contributed by atoms with E-state index in [4.69, 9.17) is 4.52 Å². The van der Waals surface area contributed by atoms with Gasteiger partial charge in [-0.3, -0.25) is 9.78 Å². The summed E-state index contributed by atoms with van der Waals surface area (Å²) >= 11 is 0. The van der Waals surface area contributed by atoms with Crippen LogP contribution >= 0.6 is 0 Å². The molecule has 0 N–H and O–H groups in total. The predicted octanol–water partition coefficient (Wildman–Crippen LogP) is 3.33. The van der Waals surface area contributed by atoms with Gasteiger partial charge in [0.25, 0.3) is 11.8 Å². The number of carbonyl (C=O) groups excluding carboxylic acids is 1. The standard InChI is InChI=1S/C20H20N4O2/c1-20(19-22-17(26-23-19)15-8-11-21-12-9-15)10-5-13-24(14-20)18(25)16-6-3-2-4-7-16/h2-4,6-9,11-12H,5,10,13-14H2,1H3. The van der Waals surface area contributed by atoms with E-state index in [1.54, 1.807) is 12.4 Å². The van der Waals surface area contributed by atoms with Gasteiger partial charge < -0.3 is 9.42 Å². The predicted molar refractivity (Wildman–Crippen MR) is 96.5 cm³/mol. The average molecular weight is 348 g/mol. The van der Waals surface area contributed by atoms with Gasteiger partial charge in [-0.1, -0.05) is 30.3 Å². The zero-order chi connectivity index (χ0) is 18.0. The lowest BCUT2D eigenvalue weighted by Crippen LogP contribution is -2.47. The molecule has 132 valence electrons. The molecule has 0 radical (unpaired) electrons. The molecule has 3 heterocycles. The Kier molecular flexibility index (Phi) is 4.24. The van der Waals surface area contributed by atoms with E-state index < -0.39 is 0 Å². The minimum Gasteiger partial charge on any atom is -0.338 e. The molecule has 6 nitrogen and oxygen atoms in total. The highest BCUT2D eigenvalue weighted by Crippen LogP contribution is 2.33. The summed E-state index contributed by atoms with van der Waals surface area (Å²) in [6.07, 6.45) is 5.22. The van der Waals surface area contributed by atoms with Crippen LogP contribution in [0.25, 0.3) is 11.5 Å². The van der Waals surface area contributed by atoms with Crippen LogP contribution in [0.3, 0.4) is 0 Å². The first-order valence-electron chi connectivity index (χ1n) is 8.75. The van der Waals surface area contributed by atoms with Crippen LogP contribution in [-0.2, 0) is 5.41 Å². The maximum atomic E-state index is 12.8. The third-order valence-corrected chi connectivity index (χ3v) is 4.90. The van der Waals surface area contributed by atoms with E-state index in [2.05, 4.69) is 22.0 Å². The lowest BCUT2D eigenvalue weighted by atomic mass is 9.81. The Morgan fingerprint density at radius 1 is 1.15 bits per heavy atom. The zero-order valence-corrected chi connectivity index (χ0v) is 14.6. The van der Waals surface area contributed by atoms with E-state index in [0.29, 0.717) is 23.8 Å². The number of likely N-dealkylation sites (tertiary alicyclic amines) is 1. The molecular formula is C20H20N4O2. The number of hydrogen-bond donors (Lipinski definition) is 0. The normalized spacial score (nSPS) is 20.1. The Bertz CT molecular complexity index is 894. The average Bonchev–Trinajstić information content (AvgIpc) is 3.20. The molecule has 1 aliphatic rings. The van der Waals surface area contributed by atoms with Crippen LogP contribution in [0.4, 0.5) is 0 Å². The van der Waals surface area contributed by atoms with Gasteiger partial charge in [-0.25, -0.2) is 0 Å². The maximum Gasteiger partial charge on any atom is 0.258 e. The van der Waals surface area contributed by atoms with Gasteiger partial charge >= 0.3 is 0 Å². The molecule has 6 heteroatoms. The number of aromatic nitrogens is 3. The summed E-state index contributed by atoms with van der Waals surface area (Å²) < 4.78 is 5.46. The van der Waals surface area contributed by atoms with Crippen LogP contribution in [0.1, 0.15) is 35.9 Å². The van der Waals surface area contributed by atoms with Gasteiger partial charge in [0.2, 0.25) is 0 Å². The number of carbonyl (C=O) groups is 1. The molecule has 1 aliphatic heterocycles. The first-order valence-corrected chi connectivity index (χ1v) is 8.75. The number of nitrogens with zero attached hydrogens (tertiary/aromatic N) is 4. The van der Waals surface area contributed by atoms with Crippen molar-refractivity contribution in [2.45, 2.75) is 25.2 Å². The van der Waals surface area contributed by atoms with Crippen molar-refractivity contribution in [2.24, 2.45) is 0 Å². The Balaban J connectivity index is 1.56. The number of pyridine rings is 1. The Morgan fingerprint density at radius 2 is 1.92 bits per heavy atom. The minimum atomic E-state index is -0.322. The zero-order valence-electron chi connectivity index (χ0n) is 14.6. The highest BCUT2D eigenvalue weighted by Gasteiger charge is 2.38. The monoisotopic (exact) mass is 348 g/mol. The fraction of sp³-hybridized carbons (Fsp3) is 0.300. The van der Waals surface area contributed by atoms with Crippen molar-refractivity contribution in [3.05, 3.63) is 66.2 Å². The molecule has 0 saturated carbocycles. The first-order chi connectivity index (χ1) is 12.7. The van der Waals surface area contributed by atoms with Gasteiger partial charge in [-0.15, -0.1) is 0 Å². The Morgan fingerprint density at radius 3 is 2.69 bits per heavy atom. The molecule has 1 amide bonds. The molecule has 0 bridgehead atoms. The Labute approximate surface area is 151 Å². The lowest BCUT2D eigenvalue weighted by Gasteiger charge is -2.38. The van der Waals surface area contributed by atoms with E-state index in [1.165, 1.54) is 0 Å². The number of rotatable bonds is 3. The fourth-order valence-corrected chi connectivity index (χ4v) is 3.44. The molecule has 1 atom stereocenters. The van der Waals surface area contributed by atoms with Crippen molar-refractivity contribution >= 4 is 5.91 Å². The van der Waals surface area contributed by atoms with E-state index in [0.717, 1.165) is 24.9 Å². The molecule has 2 aromatic heterocycles. The van der Waals surface area contributed by atoms with Crippen molar-refractivity contribution in [3.63, 3.8) is 0 Å². The molecule has 1 fully saturated rings. The van der Waals surface area contributed by atoms with Crippen LogP contribution in [0.15, 0.2) is 59.4 Å². The number of piperidine rings is 1.